The molecule has 1 heterocycles. The summed E-state index contributed by atoms with van der Waals surface area (Å²) < 4.78 is 27.3. The maximum Gasteiger partial charge on any atom is 0.165 e. The van der Waals surface area contributed by atoms with Crippen molar-refractivity contribution >= 4 is 11.3 Å². The Morgan fingerprint density at radius 3 is 2.61 bits per heavy atom. The van der Waals surface area contributed by atoms with Crippen LogP contribution in [0.2, 0.25) is 0 Å². The van der Waals surface area contributed by atoms with Gasteiger partial charge in [-0.2, -0.15) is 0 Å². The zero-order chi connectivity index (χ0) is 13.3. The molecule has 1 N–H and O–H groups in total. The average Bonchev–Trinajstić information content (AvgIpc) is 2.83. The predicted molar refractivity (Wildman–Crippen MR) is 68.9 cm³/mol. The number of thiophene rings is 1. The van der Waals surface area contributed by atoms with E-state index in [4.69, 9.17) is 0 Å². The van der Waals surface area contributed by atoms with Crippen LogP contribution < -0.4 is 0 Å². The first-order valence-electron chi connectivity index (χ1n) is 5.75. The van der Waals surface area contributed by atoms with E-state index in [2.05, 4.69) is 0 Å². The van der Waals surface area contributed by atoms with Crippen LogP contribution in [0, 0.1) is 18.6 Å². The Hall–Kier alpha value is -1.26. The van der Waals surface area contributed by atoms with E-state index < -0.39 is 17.7 Å². The molecule has 1 aromatic heterocycles. The number of aliphatic hydroxyl groups is 1. The van der Waals surface area contributed by atoms with E-state index in [1.807, 2.05) is 18.4 Å². The maximum absolute atomic E-state index is 13.8. The summed E-state index contributed by atoms with van der Waals surface area (Å²) >= 11 is 1.36. The number of aryl methyl sites for hydroxylation is 2. The molecule has 4 heteroatoms. The van der Waals surface area contributed by atoms with Gasteiger partial charge < -0.3 is 5.11 Å². The predicted octanol–water partition coefficient (Wildman–Crippen LogP) is 3.98. The highest BCUT2D eigenvalue weighted by Crippen LogP contribution is 2.32. The molecule has 0 saturated heterocycles. The molecule has 0 aliphatic carbocycles. The molecule has 1 atom stereocenters. The van der Waals surface area contributed by atoms with E-state index in [0.717, 1.165) is 12.0 Å². The monoisotopic (exact) mass is 268 g/mol. The molecule has 0 amide bonds. The third-order valence-corrected chi connectivity index (χ3v) is 4.02. The normalized spacial score (nSPS) is 12.7. The van der Waals surface area contributed by atoms with Gasteiger partial charge in [0.1, 0.15) is 6.10 Å². The third kappa shape index (κ3) is 2.18. The summed E-state index contributed by atoms with van der Waals surface area (Å²) in [6, 6.07) is 4.82. The van der Waals surface area contributed by atoms with Gasteiger partial charge in [-0.3, -0.25) is 0 Å². The molecule has 96 valence electrons. The fourth-order valence-corrected chi connectivity index (χ4v) is 2.89. The first kappa shape index (κ1) is 13.2. The van der Waals surface area contributed by atoms with Crippen LogP contribution in [0.25, 0.3) is 0 Å². The van der Waals surface area contributed by atoms with Gasteiger partial charge >= 0.3 is 0 Å². The van der Waals surface area contributed by atoms with Crippen molar-refractivity contribution in [3.63, 3.8) is 0 Å². The maximum atomic E-state index is 13.8. The zero-order valence-electron chi connectivity index (χ0n) is 10.2. The highest BCUT2D eigenvalue weighted by atomic mass is 32.1. The lowest BCUT2D eigenvalue weighted by Crippen LogP contribution is -2.05. The second-order valence-electron chi connectivity index (χ2n) is 4.17. The van der Waals surface area contributed by atoms with Crippen molar-refractivity contribution in [2.75, 3.05) is 0 Å². The quantitative estimate of drug-likeness (QED) is 0.892. The number of hydrogen-bond donors (Lipinski definition) is 1. The summed E-state index contributed by atoms with van der Waals surface area (Å²) in [7, 11) is 0. The van der Waals surface area contributed by atoms with Gasteiger partial charge in [-0.15, -0.1) is 11.3 Å². The number of halogens is 2. The number of hydrogen-bond acceptors (Lipinski definition) is 2. The molecule has 2 rings (SSSR count). The van der Waals surface area contributed by atoms with Crippen molar-refractivity contribution in [2.45, 2.75) is 26.4 Å². The average molecular weight is 268 g/mol. The highest BCUT2D eigenvalue weighted by molar-refractivity contribution is 7.10. The van der Waals surface area contributed by atoms with Gasteiger partial charge in [0.25, 0.3) is 0 Å². The molecular weight excluding hydrogens is 254 g/mol. The van der Waals surface area contributed by atoms with E-state index in [1.54, 1.807) is 0 Å². The van der Waals surface area contributed by atoms with E-state index in [1.165, 1.54) is 30.4 Å². The standard InChI is InChI=1S/C14H14F2OS/c1-3-9-6-7-18-14(9)13(17)10-5-4-8(2)11(15)12(10)16/h4-7,13,17H,3H2,1-2H3. The molecule has 0 spiro atoms. The molecule has 0 radical (unpaired) electrons. The largest absolute Gasteiger partial charge is 0.383 e. The van der Waals surface area contributed by atoms with Gasteiger partial charge in [-0.25, -0.2) is 8.78 Å². The summed E-state index contributed by atoms with van der Waals surface area (Å²) in [4.78, 5) is 0.680. The lowest BCUT2D eigenvalue weighted by atomic mass is 10.0. The Morgan fingerprint density at radius 2 is 1.94 bits per heavy atom. The fraction of sp³-hybridized carbons (Fsp3) is 0.286. The molecule has 1 unspecified atom stereocenters. The van der Waals surface area contributed by atoms with Crippen molar-refractivity contribution in [1.82, 2.24) is 0 Å². The van der Waals surface area contributed by atoms with Gasteiger partial charge in [-0.05, 0) is 35.9 Å². The van der Waals surface area contributed by atoms with Crippen molar-refractivity contribution in [3.8, 4) is 0 Å². The van der Waals surface area contributed by atoms with Crippen LogP contribution in [0.3, 0.4) is 0 Å². The Morgan fingerprint density at radius 1 is 1.22 bits per heavy atom. The van der Waals surface area contributed by atoms with Crippen LogP contribution in [-0.4, -0.2) is 5.11 Å². The minimum Gasteiger partial charge on any atom is -0.383 e. The molecule has 0 aliphatic heterocycles. The lowest BCUT2D eigenvalue weighted by Gasteiger charge is -2.13. The molecule has 18 heavy (non-hydrogen) atoms. The minimum absolute atomic E-state index is 0.00440. The minimum atomic E-state index is -1.10. The van der Waals surface area contributed by atoms with Crippen molar-refractivity contribution < 1.29 is 13.9 Å². The van der Waals surface area contributed by atoms with Crippen LogP contribution in [0.1, 0.15) is 34.6 Å². The summed E-state index contributed by atoms with van der Waals surface area (Å²) in [5.74, 6) is -1.85. The Bertz CT molecular complexity index is 563. The Balaban J connectivity index is 2.46. The lowest BCUT2D eigenvalue weighted by molar-refractivity contribution is 0.216. The van der Waals surface area contributed by atoms with Gasteiger partial charge in [-0.1, -0.05) is 19.1 Å². The first-order valence-corrected chi connectivity index (χ1v) is 6.63. The Labute approximate surface area is 109 Å². The summed E-state index contributed by atoms with van der Waals surface area (Å²) in [6.45, 7) is 3.46. The van der Waals surface area contributed by atoms with Crippen LogP contribution in [0.15, 0.2) is 23.6 Å². The van der Waals surface area contributed by atoms with Crippen LogP contribution in [0.5, 0.6) is 0 Å². The molecule has 0 aliphatic rings. The highest BCUT2D eigenvalue weighted by Gasteiger charge is 2.21. The molecule has 0 fully saturated rings. The van der Waals surface area contributed by atoms with Gasteiger partial charge in [0.2, 0.25) is 0 Å². The van der Waals surface area contributed by atoms with E-state index >= 15 is 0 Å². The summed E-state index contributed by atoms with van der Waals surface area (Å²) in [5.41, 5.74) is 1.20. The number of benzene rings is 1. The van der Waals surface area contributed by atoms with Crippen molar-refractivity contribution in [2.24, 2.45) is 0 Å². The zero-order valence-corrected chi connectivity index (χ0v) is 11.0. The fourth-order valence-electron chi connectivity index (χ4n) is 1.89. The van der Waals surface area contributed by atoms with E-state index in [-0.39, 0.29) is 11.1 Å². The third-order valence-electron chi connectivity index (χ3n) is 3.01. The number of aliphatic hydroxyl groups excluding tert-OH is 1. The molecule has 1 aromatic carbocycles. The summed E-state index contributed by atoms with van der Waals surface area (Å²) in [6.07, 6.45) is -0.346. The van der Waals surface area contributed by atoms with Crippen LogP contribution >= 0.6 is 11.3 Å². The van der Waals surface area contributed by atoms with Crippen LogP contribution in [0.4, 0.5) is 8.78 Å². The van der Waals surface area contributed by atoms with Crippen LogP contribution in [-0.2, 0) is 6.42 Å². The van der Waals surface area contributed by atoms with Crippen molar-refractivity contribution in [1.29, 1.82) is 0 Å². The second-order valence-corrected chi connectivity index (χ2v) is 5.11. The molecule has 0 saturated carbocycles. The molecule has 2 aromatic rings. The first-order chi connectivity index (χ1) is 8.56. The molecule has 1 nitrogen and oxygen atoms in total. The van der Waals surface area contributed by atoms with Gasteiger partial charge in [0.15, 0.2) is 11.6 Å². The Kier molecular flexibility index (Phi) is 3.78. The topological polar surface area (TPSA) is 20.2 Å². The smallest absolute Gasteiger partial charge is 0.165 e. The summed E-state index contributed by atoms with van der Waals surface area (Å²) in [5, 5.41) is 12.0. The SMILES string of the molecule is CCc1ccsc1C(O)c1ccc(C)c(F)c1F. The van der Waals surface area contributed by atoms with Crippen molar-refractivity contribution in [3.05, 3.63) is 56.8 Å². The number of rotatable bonds is 3. The van der Waals surface area contributed by atoms with E-state index in [9.17, 15) is 13.9 Å². The molecular formula is C14H14F2OS. The van der Waals surface area contributed by atoms with E-state index in [0.29, 0.717) is 4.88 Å². The van der Waals surface area contributed by atoms with Gasteiger partial charge in [0, 0.05) is 10.4 Å². The van der Waals surface area contributed by atoms with Gasteiger partial charge in [0.05, 0.1) is 0 Å². The second kappa shape index (κ2) is 5.16. The molecule has 0 bridgehead atoms.